The van der Waals surface area contributed by atoms with Gasteiger partial charge in [-0.05, 0) is 57.5 Å². The molecule has 0 amide bonds. The lowest BCUT2D eigenvalue weighted by Gasteiger charge is -2.27. The fourth-order valence-corrected chi connectivity index (χ4v) is 4.24. The van der Waals surface area contributed by atoms with Gasteiger partial charge in [-0.2, -0.15) is 11.3 Å². The molecule has 1 aliphatic heterocycles. The summed E-state index contributed by atoms with van der Waals surface area (Å²) in [5.41, 5.74) is 7.35. The molecular weight excluding hydrogens is 288 g/mol. The number of benzene rings is 1. The largest absolute Gasteiger partial charge is 0.314 e. The molecule has 114 valence electrons. The number of nitrogens with zero attached hydrogens (tertiary/aromatic N) is 1. The maximum atomic E-state index is 3.43. The van der Waals surface area contributed by atoms with Crippen LogP contribution in [0.25, 0.3) is 16.7 Å². The lowest BCUT2D eigenvalue weighted by Crippen LogP contribution is -2.43. The van der Waals surface area contributed by atoms with Gasteiger partial charge in [-0.3, -0.25) is 0 Å². The van der Waals surface area contributed by atoms with E-state index < -0.39 is 0 Å². The number of hydrogen-bond acceptors (Lipinski definition) is 3. The van der Waals surface area contributed by atoms with E-state index in [-0.39, 0.29) is 0 Å². The Morgan fingerprint density at radius 1 is 1.09 bits per heavy atom. The third kappa shape index (κ3) is 2.76. The fourth-order valence-electron chi connectivity index (χ4n) is 3.58. The van der Waals surface area contributed by atoms with Gasteiger partial charge in [0, 0.05) is 32.7 Å². The maximum Gasteiger partial charge on any atom is 0.0108 e. The zero-order valence-electron chi connectivity index (χ0n) is 12.8. The third-order valence-corrected chi connectivity index (χ3v) is 5.50. The molecule has 1 N–H and O–H groups in total. The Morgan fingerprint density at radius 2 is 1.95 bits per heavy atom. The first-order chi connectivity index (χ1) is 10.9. The predicted molar refractivity (Wildman–Crippen MR) is 95.4 cm³/mol. The van der Waals surface area contributed by atoms with Gasteiger partial charge in [-0.25, -0.2) is 0 Å². The average molecular weight is 310 g/mol. The Morgan fingerprint density at radius 3 is 2.77 bits per heavy atom. The lowest BCUT2D eigenvalue weighted by molar-refractivity contribution is 0.246. The molecule has 0 radical (unpaired) electrons. The van der Waals surface area contributed by atoms with E-state index in [0.29, 0.717) is 0 Å². The number of rotatable bonds is 4. The van der Waals surface area contributed by atoms with Crippen LogP contribution in [-0.2, 0) is 6.42 Å². The first-order valence-corrected chi connectivity index (χ1v) is 9.13. The van der Waals surface area contributed by atoms with Gasteiger partial charge in [-0.1, -0.05) is 24.3 Å². The van der Waals surface area contributed by atoms with Crippen molar-refractivity contribution in [2.24, 2.45) is 0 Å². The minimum absolute atomic E-state index is 1.10. The molecule has 1 saturated heterocycles. The van der Waals surface area contributed by atoms with E-state index in [1.54, 1.807) is 16.9 Å². The van der Waals surface area contributed by atoms with E-state index in [9.17, 15) is 0 Å². The molecule has 0 atom stereocenters. The second-order valence-electron chi connectivity index (χ2n) is 6.12. The van der Waals surface area contributed by atoms with E-state index in [1.807, 2.05) is 0 Å². The highest BCUT2D eigenvalue weighted by Crippen LogP contribution is 2.37. The van der Waals surface area contributed by atoms with Gasteiger partial charge in [0.15, 0.2) is 0 Å². The standard InChI is InChI=1S/C19H22N2S/c1-2-17-15(6-10-21-11-8-20-9-12-21)4-5-19(17)18(3-1)16-7-13-22-14-16/h1-4,7,13-14,20H,5-6,8-12H2. The number of fused-ring (bicyclic) bond motifs is 1. The van der Waals surface area contributed by atoms with Crippen LogP contribution in [0.5, 0.6) is 0 Å². The molecular formula is C19H22N2S. The Kier molecular flexibility index (Phi) is 4.11. The SMILES string of the molecule is C1=C(CCN2CCNCC2)c2cccc(-c3ccsc3)c2C1. The Labute approximate surface area is 136 Å². The quantitative estimate of drug-likeness (QED) is 0.927. The Bertz CT molecular complexity index is 667. The molecule has 4 rings (SSSR count). The molecule has 1 aromatic carbocycles. The topological polar surface area (TPSA) is 15.3 Å². The molecule has 2 aromatic rings. The summed E-state index contributed by atoms with van der Waals surface area (Å²) < 4.78 is 0. The first kappa shape index (κ1) is 14.2. The zero-order valence-corrected chi connectivity index (χ0v) is 13.7. The summed E-state index contributed by atoms with van der Waals surface area (Å²) in [5.74, 6) is 0. The molecule has 22 heavy (non-hydrogen) atoms. The van der Waals surface area contributed by atoms with Crippen LogP contribution < -0.4 is 5.32 Å². The van der Waals surface area contributed by atoms with E-state index in [4.69, 9.17) is 0 Å². The van der Waals surface area contributed by atoms with Crippen LogP contribution in [0.2, 0.25) is 0 Å². The van der Waals surface area contributed by atoms with Crippen LogP contribution in [0.3, 0.4) is 0 Å². The molecule has 3 heteroatoms. The van der Waals surface area contributed by atoms with Gasteiger partial charge in [0.2, 0.25) is 0 Å². The highest BCUT2D eigenvalue weighted by Gasteiger charge is 2.19. The van der Waals surface area contributed by atoms with E-state index >= 15 is 0 Å². The lowest BCUT2D eigenvalue weighted by atomic mass is 9.96. The number of thiophene rings is 1. The van der Waals surface area contributed by atoms with Crippen LogP contribution in [0.4, 0.5) is 0 Å². The summed E-state index contributed by atoms with van der Waals surface area (Å²) in [7, 11) is 0. The summed E-state index contributed by atoms with van der Waals surface area (Å²) in [6.45, 7) is 5.84. The average Bonchev–Trinajstić information content (AvgIpc) is 3.23. The second kappa shape index (κ2) is 6.37. The normalized spacial score (nSPS) is 18.3. The van der Waals surface area contributed by atoms with Crippen molar-refractivity contribution < 1.29 is 0 Å². The minimum atomic E-state index is 1.10. The Balaban J connectivity index is 1.51. The van der Waals surface area contributed by atoms with Crippen LogP contribution in [0.1, 0.15) is 17.5 Å². The molecule has 1 aromatic heterocycles. The zero-order chi connectivity index (χ0) is 14.8. The maximum absolute atomic E-state index is 3.43. The first-order valence-electron chi connectivity index (χ1n) is 8.19. The summed E-state index contributed by atoms with van der Waals surface area (Å²) in [5, 5.41) is 7.85. The van der Waals surface area contributed by atoms with Crippen LogP contribution in [0, 0.1) is 0 Å². The molecule has 0 saturated carbocycles. The van der Waals surface area contributed by atoms with Crippen molar-refractivity contribution in [2.45, 2.75) is 12.8 Å². The van der Waals surface area contributed by atoms with Crippen molar-refractivity contribution in [3.63, 3.8) is 0 Å². The van der Waals surface area contributed by atoms with Crippen molar-refractivity contribution in [1.82, 2.24) is 10.2 Å². The van der Waals surface area contributed by atoms with Gasteiger partial charge in [0.25, 0.3) is 0 Å². The van der Waals surface area contributed by atoms with Crippen molar-refractivity contribution in [3.05, 3.63) is 52.2 Å². The van der Waals surface area contributed by atoms with Crippen molar-refractivity contribution >= 4 is 16.9 Å². The molecule has 0 spiro atoms. The Hall–Kier alpha value is -1.42. The van der Waals surface area contributed by atoms with Gasteiger partial charge in [0.1, 0.15) is 0 Å². The molecule has 0 bridgehead atoms. The molecule has 0 unspecified atom stereocenters. The number of nitrogens with one attached hydrogen (secondary N) is 1. The highest BCUT2D eigenvalue weighted by molar-refractivity contribution is 7.08. The summed E-state index contributed by atoms with van der Waals surface area (Å²) >= 11 is 1.78. The second-order valence-corrected chi connectivity index (χ2v) is 6.90. The number of hydrogen-bond donors (Lipinski definition) is 1. The van der Waals surface area contributed by atoms with Gasteiger partial charge in [-0.15, -0.1) is 0 Å². The van der Waals surface area contributed by atoms with E-state index in [1.165, 1.54) is 48.3 Å². The van der Waals surface area contributed by atoms with Crippen molar-refractivity contribution in [1.29, 1.82) is 0 Å². The van der Waals surface area contributed by atoms with Crippen molar-refractivity contribution in [3.8, 4) is 11.1 Å². The summed E-state index contributed by atoms with van der Waals surface area (Å²) in [6.07, 6.45) is 4.72. The molecule has 2 nitrogen and oxygen atoms in total. The molecule has 1 aliphatic carbocycles. The molecule has 2 heterocycles. The third-order valence-electron chi connectivity index (χ3n) is 4.81. The van der Waals surface area contributed by atoms with Gasteiger partial charge >= 0.3 is 0 Å². The van der Waals surface area contributed by atoms with Crippen molar-refractivity contribution in [2.75, 3.05) is 32.7 Å². The molecule has 2 aliphatic rings. The van der Waals surface area contributed by atoms with Crippen LogP contribution in [0.15, 0.2) is 41.1 Å². The predicted octanol–water partition coefficient (Wildman–Crippen LogP) is 3.65. The fraction of sp³-hybridized carbons (Fsp3) is 0.368. The van der Waals surface area contributed by atoms with Crippen LogP contribution >= 0.6 is 11.3 Å². The number of allylic oxidation sites excluding steroid dienone is 1. The summed E-state index contributed by atoms with van der Waals surface area (Å²) in [6, 6.07) is 9.03. The monoisotopic (exact) mass is 310 g/mol. The minimum Gasteiger partial charge on any atom is -0.314 e. The van der Waals surface area contributed by atoms with E-state index in [0.717, 1.165) is 19.5 Å². The number of piperazine rings is 1. The smallest absolute Gasteiger partial charge is 0.0108 e. The van der Waals surface area contributed by atoms with Gasteiger partial charge in [0.05, 0.1) is 0 Å². The van der Waals surface area contributed by atoms with E-state index in [2.05, 4.69) is 51.3 Å². The summed E-state index contributed by atoms with van der Waals surface area (Å²) in [4.78, 5) is 2.58. The van der Waals surface area contributed by atoms with Gasteiger partial charge < -0.3 is 10.2 Å². The molecule has 1 fully saturated rings. The van der Waals surface area contributed by atoms with Crippen LogP contribution in [-0.4, -0.2) is 37.6 Å². The highest BCUT2D eigenvalue weighted by atomic mass is 32.1.